The zero-order valence-corrected chi connectivity index (χ0v) is 24.8. The quantitative estimate of drug-likeness (QED) is 0.346. The second-order valence-corrected chi connectivity index (χ2v) is 12.8. The maximum Gasteiger partial charge on any atom is 0.511 e. The Balaban J connectivity index is 1.64. The van der Waals surface area contributed by atoms with Crippen LogP contribution in [-0.2, 0) is 19.0 Å². The van der Waals surface area contributed by atoms with E-state index in [0.29, 0.717) is 16.5 Å². The monoisotopic (exact) mass is 561 g/mol. The number of anilines is 1. The Hall–Kier alpha value is -2.39. The van der Waals surface area contributed by atoms with E-state index in [1.54, 1.807) is 13.8 Å². The topological polar surface area (TPSA) is 86.6 Å². The molecule has 1 N–H and O–H groups in total. The van der Waals surface area contributed by atoms with Crippen LogP contribution >= 0.6 is 11.3 Å². The van der Waals surface area contributed by atoms with E-state index in [-0.39, 0.29) is 24.0 Å². The van der Waals surface area contributed by atoms with Gasteiger partial charge in [-0.1, -0.05) is 13.0 Å². The number of piperidine rings is 1. The summed E-state index contributed by atoms with van der Waals surface area (Å²) in [6, 6.07) is 2.09. The van der Waals surface area contributed by atoms with Crippen LogP contribution in [0.5, 0.6) is 0 Å². The Kier molecular flexibility index (Phi) is 10.5. The number of carbonyl (C=O) groups excluding carboxylic acids is 3. The van der Waals surface area contributed by atoms with Gasteiger partial charge in [0.1, 0.15) is 4.88 Å². The van der Waals surface area contributed by atoms with Crippen molar-refractivity contribution < 1.29 is 33.5 Å². The third-order valence-electron chi connectivity index (χ3n) is 8.24. The van der Waals surface area contributed by atoms with Gasteiger partial charge in [-0.3, -0.25) is 4.79 Å². The van der Waals surface area contributed by atoms with Crippen LogP contribution in [0.2, 0.25) is 0 Å². The second kappa shape index (κ2) is 13.8. The summed E-state index contributed by atoms with van der Waals surface area (Å²) in [6.45, 7) is 7.14. The van der Waals surface area contributed by atoms with E-state index in [1.807, 2.05) is 11.0 Å². The van der Waals surface area contributed by atoms with E-state index in [2.05, 4.69) is 20.0 Å². The molecule has 3 aliphatic rings. The van der Waals surface area contributed by atoms with Crippen molar-refractivity contribution in [2.45, 2.75) is 97.1 Å². The fraction of sp³-hybridized carbons (Fsp3) is 0.700. The summed E-state index contributed by atoms with van der Waals surface area (Å²) in [5.41, 5.74) is 1.89. The summed E-state index contributed by atoms with van der Waals surface area (Å²) in [6.07, 6.45) is 11.0. The number of thiophene rings is 1. The Morgan fingerprint density at radius 2 is 1.77 bits per heavy atom. The second-order valence-electron chi connectivity index (χ2n) is 11.8. The molecule has 1 aromatic heterocycles. The molecule has 8 nitrogen and oxygen atoms in total. The predicted molar refractivity (Wildman–Crippen MR) is 152 cm³/mol. The number of esters is 1. The van der Waals surface area contributed by atoms with E-state index in [9.17, 15) is 14.4 Å². The Morgan fingerprint density at radius 3 is 2.41 bits per heavy atom. The number of quaternary nitrogens is 1. The summed E-state index contributed by atoms with van der Waals surface area (Å²) in [4.78, 5) is 44.3. The number of amides is 1. The molecule has 0 aromatic carbocycles. The number of nitrogens with one attached hydrogen (secondary N) is 1. The van der Waals surface area contributed by atoms with Crippen LogP contribution in [-0.4, -0.2) is 57.1 Å². The van der Waals surface area contributed by atoms with Crippen molar-refractivity contribution in [3.8, 4) is 0 Å². The average Bonchev–Trinajstić information content (AvgIpc) is 3.35. The molecule has 2 aliphatic carbocycles. The number of allylic oxidation sites excluding steroid dienone is 2. The summed E-state index contributed by atoms with van der Waals surface area (Å²) in [5, 5.41) is 0. The molecule has 1 aromatic rings. The first kappa shape index (κ1) is 29.6. The first-order chi connectivity index (χ1) is 18.7. The van der Waals surface area contributed by atoms with Gasteiger partial charge in [0.15, 0.2) is 0 Å². The van der Waals surface area contributed by atoms with Crippen LogP contribution in [0.3, 0.4) is 0 Å². The number of carbonyl (C=O) groups is 3. The van der Waals surface area contributed by atoms with Crippen molar-refractivity contribution in [3.05, 3.63) is 21.9 Å². The van der Waals surface area contributed by atoms with Gasteiger partial charge < -0.3 is 24.0 Å². The first-order valence-corrected chi connectivity index (χ1v) is 15.5. The molecule has 2 heterocycles. The third kappa shape index (κ3) is 7.84. The van der Waals surface area contributed by atoms with Crippen molar-refractivity contribution in [3.63, 3.8) is 0 Å². The third-order valence-corrected chi connectivity index (χ3v) is 9.42. The number of hydrogen-bond donors (Lipinski definition) is 1. The number of ether oxygens (including phenoxy) is 3. The molecule has 0 unspecified atom stereocenters. The Morgan fingerprint density at radius 1 is 1.05 bits per heavy atom. The maximum atomic E-state index is 14.2. The van der Waals surface area contributed by atoms with Gasteiger partial charge in [-0.05, 0) is 82.8 Å². The van der Waals surface area contributed by atoms with E-state index >= 15 is 0 Å². The van der Waals surface area contributed by atoms with Crippen molar-refractivity contribution in [2.24, 2.45) is 11.8 Å². The maximum absolute atomic E-state index is 14.2. The van der Waals surface area contributed by atoms with Crippen LogP contribution in [0.25, 0.3) is 5.57 Å². The molecule has 2 fully saturated rings. The molecule has 39 heavy (non-hydrogen) atoms. The fourth-order valence-electron chi connectivity index (χ4n) is 5.90. The number of likely N-dealkylation sites (tertiary alicyclic amines) is 1. The minimum Gasteiger partial charge on any atom is -0.431 e. The zero-order valence-electron chi connectivity index (χ0n) is 24.0. The van der Waals surface area contributed by atoms with Crippen LogP contribution in [0.15, 0.2) is 12.1 Å². The van der Waals surface area contributed by atoms with E-state index in [4.69, 9.17) is 14.2 Å². The van der Waals surface area contributed by atoms with E-state index in [1.165, 1.54) is 28.2 Å². The molecule has 4 rings (SSSR count). The molecule has 0 spiro atoms. The highest BCUT2D eigenvalue weighted by Crippen LogP contribution is 2.41. The highest BCUT2D eigenvalue weighted by atomic mass is 32.1. The van der Waals surface area contributed by atoms with Crippen molar-refractivity contribution in [2.75, 3.05) is 31.8 Å². The van der Waals surface area contributed by atoms with Crippen LogP contribution in [0.1, 0.15) is 99.5 Å². The van der Waals surface area contributed by atoms with Gasteiger partial charge in [0.25, 0.3) is 0 Å². The minimum absolute atomic E-state index is 0.0246. The largest absolute Gasteiger partial charge is 0.511 e. The lowest BCUT2D eigenvalue weighted by atomic mass is 9.82. The molecule has 1 saturated carbocycles. The zero-order chi connectivity index (χ0) is 27.9. The lowest BCUT2D eigenvalue weighted by Gasteiger charge is -2.38. The normalized spacial score (nSPS) is 25.5. The van der Waals surface area contributed by atoms with Crippen LogP contribution in [0.4, 0.5) is 10.5 Å². The lowest BCUT2D eigenvalue weighted by molar-refractivity contribution is -0.884. The molecular formula is C30H45N2O6S+. The van der Waals surface area contributed by atoms with Crippen LogP contribution in [0, 0.1) is 11.8 Å². The molecule has 1 saturated heterocycles. The SMILES string of the molecule is CC1CCC(C(=O)N(c2cc(C3=CCCCC3)sc2C(=O)OCOC(=O)OC(C)C)C2CC[NH+](C)CC2)CC1. The summed E-state index contributed by atoms with van der Waals surface area (Å²) in [7, 11) is 2.19. The molecule has 9 heteroatoms. The highest BCUT2D eigenvalue weighted by molar-refractivity contribution is 7.15. The smallest absolute Gasteiger partial charge is 0.431 e. The number of rotatable bonds is 8. The molecule has 0 bridgehead atoms. The number of nitrogens with zero attached hydrogens (tertiary/aromatic N) is 1. The average molecular weight is 562 g/mol. The van der Waals surface area contributed by atoms with Gasteiger partial charge in [0, 0.05) is 29.7 Å². The molecule has 1 amide bonds. The molecule has 0 atom stereocenters. The van der Waals surface area contributed by atoms with Crippen molar-refractivity contribution >= 4 is 40.6 Å². The van der Waals surface area contributed by atoms with E-state index < -0.39 is 18.9 Å². The van der Waals surface area contributed by atoms with E-state index in [0.717, 1.165) is 75.8 Å². The molecule has 216 valence electrons. The molecule has 1 aliphatic heterocycles. The summed E-state index contributed by atoms with van der Waals surface area (Å²) < 4.78 is 15.3. The van der Waals surface area contributed by atoms with Crippen molar-refractivity contribution in [1.29, 1.82) is 0 Å². The lowest BCUT2D eigenvalue weighted by Crippen LogP contribution is -3.10. The van der Waals surface area contributed by atoms with Gasteiger partial charge in [-0.25, -0.2) is 9.59 Å². The summed E-state index contributed by atoms with van der Waals surface area (Å²) >= 11 is 1.39. The standard InChI is InChI=1S/C30H44N2O6S/c1-20(2)38-30(35)37-19-36-29(34)27-25(18-26(39-27)22-8-6-5-7-9-22)32(24-14-16-31(4)17-15-24)28(33)23-12-10-21(3)11-13-23/h8,18,20-21,23-24H,5-7,9-17,19H2,1-4H3/p+1. The van der Waals surface area contributed by atoms with Gasteiger partial charge in [0.2, 0.25) is 12.7 Å². The van der Waals surface area contributed by atoms with Crippen LogP contribution < -0.4 is 9.80 Å². The summed E-state index contributed by atoms with van der Waals surface area (Å²) in [5.74, 6) is 0.180. The Labute approximate surface area is 236 Å². The van der Waals surface area contributed by atoms with Gasteiger partial charge >= 0.3 is 12.1 Å². The molecule has 0 radical (unpaired) electrons. The minimum atomic E-state index is -0.880. The van der Waals surface area contributed by atoms with Gasteiger partial charge in [0.05, 0.1) is 31.9 Å². The first-order valence-electron chi connectivity index (χ1n) is 14.7. The highest BCUT2D eigenvalue weighted by Gasteiger charge is 2.38. The predicted octanol–water partition coefficient (Wildman–Crippen LogP) is 5.22. The fourth-order valence-corrected chi connectivity index (χ4v) is 7.01. The van der Waals surface area contributed by atoms with Crippen molar-refractivity contribution in [1.82, 2.24) is 0 Å². The Bertz CT molecular complexity index is 1030. The van der Waals surface area contributed by atoms with Gasteiger partial charge in [-0.15, -0.1) is 11.3 Å². The van der Waals surface area contributed by atoms with Gasteiger partial charge in [-0.2, -0.15) is 0 Å². The molecular weight excluding hydrogens is 516 g/mol. The number of hydrogen-bond acceptors (Lipinski definition) is 7.